The lowest BCUT2D eigenvalue weighted by molar-refractivity contribution is 0.0525. The Labute approximate surface area is 142 Å². The van der Waals surface area contributed by atoms with Gasteiger partial charge in [-0.15, -0.1) is 0 Å². The number of hydrogen-bond donors (Lipinski definition) is 1. The molecule has 1 aromatic carbocycles. The van der Waals surface area contributed by atoms with Crippen molar-refractivity contribution in [3.63, 3.8) is 0 Å². The van der Waals surface area contributed by atoms with Crippen LogP contribution in [-0.2, 0) is 4.74 Å². The summed E-state index contributed by atoms with van der Waals surface area (Å²) in [5.74, 6) is -0.0985. The second-order valence-corrected chi connectivity index (χ2v) is 6.49. The second-order valence-electron chi connectivity index (χ2n) is 6.49. The van der Waals surface area contributed by atoms with E-state index in [1.807, 2.05) is 25.1 Å². The Morgan fingerprint density at radius 1 is 1.46 bits per heavy atom. The fourth-order valence-electron chi connectivity index (χ4n) is 3.31. The van der Waals surface area contributed by atoms with Crippen LogP contribution in [0.5, 0.6) is 0 Å². The molecule has 0 spiro atoms. The lowest BCUT2D eigenvalue weighted by Gasteiger charge is -2.37. The number of fused-ring (bicyclic) bond motifs is 1. The van der Waals surface area contributed by atoms with Gasteiger partial charge in [-0.2, -0.15) is 0 Å². The monoisotopic (exact) mass is 328 g/mol. The number of aliphatic hydroxyl groups excluding tert-OH is 1. The minimum absolute atomic E-state index is 0.266. The molecule has 5 nitrogen and oxygen atoms in total. The minimum Gasteiger partial charge on any atom is -0.462 e. The molecule has 1 fully saturated rings. The Morgan fingerprint density at radius 3 is 2.96 bits per heavy atom. The number of ether oxygens (including phenoxy) is 1. The van der Waals surface area contributed by atoms with Gasteiger partial charge in [-0.05, 0) is 31.7 Å². The van der Waals surface area contributed by atoms with Crippen molar-refractivity contribution >= 4 is 22.6 Å². The summed E-state index contributed by atoms with van der Waals surface area (Å²) in [5, 5.41) is 11.2. The molecule has 2 heterocycles. The molecule has 2 atom stereocenters. The Bertz CT molecular complexity index is 760. The topological polar surface area (TPSA) is 62.7 Å². The van der Waals surface area contributed by atoms with E-state index in [0.29, 0.717) is 18.7 Å². The maximum atomic E-state index is 12.4. The van der Waals surface area contributed by atoms with Crippen LogP contribution in [0.3, 0.4) is 0 Å². The van der Waals surface area contributed by atoms with Crippen LogP contribution in [0.1, 0.15) is 36.2 Å². The maximum absolute atomic E-state index is 12.4. The molecule has 1 aromatic heterocycles. The van der Waals surface area contributed by atoms with Gasteiger partial charge >= 0.3 is 5.97 Å². The van der Waals surface area contributed by atoms with Gasteiger partial charge in [-0.25, -0.2) is 4.79 Å². The number of aromatic nitrogens is 1. The first-order valence-electron chi connectivity index (χ1n) is 8.51. The van der Waals surface area contributed by atoms with Crippen LogP contribution in [0.25, 0.3) is 10.9 Å². The van der Waals surface area contributed by atoms with Gasteiger partial charge in [0, 0.05) is 24.7 Å². The van der Waals surface area contributed by atoms with E-state index in [1.165, 1.54) is 0 Å². The first-order chi connectivity index (χ1) is 11.5. The molecule has 0 radical (unpaired) electrons. The summed E-state index contributed by atoms with van der Waals surface area (Å²) in [6, 6.07) is 5.97. The van der Waals surface area contributed by atoms with Gasteiger partial charge in [0.05, 0.1) is 23.9 Å². The van der Waals surface area contributed by atoms with E-state index in [1.54, 1.807) is 13.1 Å². The van der Waals surface area contributed by atoms with Gasteiger partial charge in [0.2, 0.25) is 0 Å². The molecule has 0 aliphatic carbocycles. The predicted molar refractivity (Wildman–Crippen MR) is 94.4 cm³/mol. The summed E-state index contributed by atoms with van der Waals surface area (Å²) in [6.45, 7) is 7.50. The zero-order valence-corrected chi connectivity index (χ0v) is 14.5. The van der Waals surface area contributed by atoms with Crippen LogP contribution >= 0.6 is 0 Å². The van der Waals surface area contributed by atoms with Crippen LogP contribution < -0.4 is 4.90 Å². The molecule has 0 bridgehead atoms. The number of piperidine rings is 1. The molecule has 128 valence electrons. The molecule has 3 rings (SSSR count). The molecule has 0 amide bonds. The maximum Gasteiger partial charge on any atom is 0.341 e. The van der Waals surface area contributed by atoms with Crippen molar-refractivity contribution in [2.75, 3.05) is 24.6 Å². The molecule has 0 saturated carbocycles. The molecule has 1 N–H and O–H groups in total. The number of carbonyl (C=O) groups is 1. The molecular formula is C19H24N2O3. The number of carbonyl (C=O) groups excluding carboxylic acids is 1. The first-order valence-corrected chi connectivity index (χ1v) is 8.51. The van der Waals surface area contributed by atoms with E-state index in [0.717, 1.165) is 35.1 Å². The van der Waals surface area contributed by atoms with E-state index in [9.17, 15) is 9.90 Å². The zero-order valence-electron chi connectivity index (χ0n) is 14.5. The van der Waals surface area contributed by atoms with Crippen molar-refractivity contribution in [1.82, 2.24) is 4.98 Å². The van der Waals surface area contributed by atoms with Crippen LogP contribution in [0, 0.1) is 12.8 Å². The summed E-state index contributed by atoms with van der Waals surface area (Å²) < 4.78 is 5.22. The van der Waals surface area contributed by atoms with E-state index in [-0.39, 0.29) is 11.9 Å². The SMILES string of the molecule is CCOC(=O)c1cnc2c(C)cccc2c1N1CCC(C)C(O)C1. The Balaban J connectivity index is 2.16. The highest BCUT2D eigenvalue weighted by molar-refractivity contribution is 6.05. The molecule has 24 heavy (non-hydrogen) atoms. The standard InChI is InChI=1S/C19H24N2O3/c1-4-24-19(23)15-10-20-17-13(3)6-5-7-14(17)18(15)21-9-8-12(2)16(22)11-21/h5-7,10,12,16,22H,4,8-9,11H2,1-3H3. The highest BCUT2D eigenvalue weighted by Crippen LogP contribution is 2.34. The van der Waals surface area contributed by atoms with Gasteiger partial charge in [-0.3, -0.25) is 4.98 Å². The highest BCUT2D eigenvalue weighted by Gasteiger charge is 2.29. The van der Waals surface area contributed by atoms with Gasteiger partial charge in [0.1, 0.15) is 5.56 Å². The van der Waals surface area contributed by atoms with Gasteiger partial charge in [-0.1, -0.05) is 25.1 Å². The summed E-state index contributed by atoms with van der Waals surface area (Å²) in [7, 11) is 0. The first kappa shape index (κ1) is 16.7. The normalized spacial score (nSPS) is 21.1. The van der Waals surface area contributed by atoms with E-state index < -0.39 is 6.10 Å². The lowest BCUT2D eigenvalue weighted by Crippen LogP contribution is -2.43. The smallest absolute Gasteiger partial charge is 0.341 e. The number of anilines is 1. The predicted octanol–water partition coefficient (Wildman–Crippen LogP) is 2.93. The quantitative estimate of drug-likeness (QED) is 0.878. The number of benzene rings is 1. The van der Waals surface area contributed by atoms with Crippen LogP contribution in [0.4, 0.5) is 5.69 Å². The number of nitrogens with zero attached hydrogens (tertiary/aromatic N) is 2. The fraction of sp³-hybridized carbons (Fsp3) is 0.474. The van der Waals surface area contributed by atoms with E-state index >= 15 is 0 Å². The summed E-state index contributed by atoms with van der Waals surface area (Å²) in [6.07, 6.45) is 2.09. The number of esters is 1. The molecule has 2 aromatic rings. The van der Waals surface area contributed by atoms with Crippen molar-refractivity contribution in [1.29, 1.82) is 0 Å². The van der Waals surface area contributed by atoms with Crippen LogP contribution in [-0.4, -0.2) is 41.9 Å². The third-order valence-electron chi connectivity index (χ3n) is 4.80. The average molecular weight is 328 g/mol. The Kier molecular flexibility index (Phi) is 4.71. The van der Waals surface area contributed by atoms with Crippen molar-refractivity contribution in [2.45, 2.75) is 33.3 Å². The number of β-amino-alcohol motifs (C(OH)–C–C–N with tert-alkyl or cyclic N) is 1. The molecule has 5 heteroatoms. The average Bonchev–Trinajstić information content (AvgIpc) is 2.57. The van der Waals surface area contributed by atoms with Crippen LogP contribution in [0.15, 0.2) is 24.4 Å². The molecular weight excluding hydrogens is 304 g/mol. The van der Waals surface area contributed by atoms with Crippen LogP contribution in [0.2, 0.25) is 0 Å². The summed E-state index contributed by atoms with van der Waals surface area (Å²) in [4.78, 5) is 19.0. The summed E-state index contributed by atoms with van der Waals surface area (Å²) >= 11 is 0. The number of aryl methyl sites for hydroxylation is 1. The number of pyridine rings is 1. The van der Waals surface area contributed by atoms with Gasteiger partial charge < -0.3 is 14.7 Å². The molecule has 1 aliphatic rings. The third-order valence-corrected chi connectivity index (χ3v) is 4.80. The number of rotatable bonds is 3. The second kappa shape index (κ2) is 6.77. The Morgan fingerprint density at radius 2 is 2.25 bits per heavy atom. The molecule has 1 aliphatic heterocycles. The third kappa shape index (κ3) is 2.96. The van der Waals surface area contributed by atoms with Gasteiger partial charge in [0.25, 0.3) is 0 Å². The fourth-order valence-corrected chi connectivity index (χ4v) is 3.31. The van der Waals surface area contributed by atoms with Crippen molar-refractivity contribution in [2.24, 2.45) is 5.92 Å². The van der Waals surface area contributed by atoms with Crippen molar-refractivity contribution in [3.05, 3.63) is 35.5 Å². The van der Waals surface area contributed by atoms with Crippen molar-refractivity contribution < 1.29 is 14.6 Å². The largest absolute Gasteiger partial charge is 0.462 e. The highest BCUT2D eigenvalue weighted by atomic mass is 16.5. The Hall–Kier alpha value is -2.14. The van der Waals surface area contributed by atoms with Gasteiger partial charge in [0.15, 0.2) is 0 Å². The lowest BCUT2D eigenvalue weighted by atomic mass is 9.94. The molecule has 2 unspecified atom stereocenters. The number of hydrogen-bond acceptors (Lipinski definition) is 5. The molecule has 1 saturated heterocycles. The van der Waals surface area contributed by atoms with E-state index in [2.05, 4.69) is 16.8 Å². The summed E-state index contributed by atoms with van der Waals surface area (Å²) in [5.41, 5.74) is 3.24. The number of aliphatic hydroxyl groups is 1. The van der Waals surface area contributed by atoms with Crippen molar-refractivity contribution in [3.8, 4) is 0 Å². The van der Waals surface area contributed by atoms with E-state index in [4.69, 9.17) is 4.74 Å². The number of para-hydroxylation sites is 1. The minimum atomic E-state index is -0.401. The zero-order chi connectivity index (χ0) is 17.3.